The lowest BCUT2D eigenvalue weighted by molar-refractivity contribution is -0.844. The summed E-state index contributed by atoms with van der Waals surface area (Å²) in [4.78, 5) is 37.9. The Morgan fingerprint density at radius 1 is 1.28 bits per heavy atom. The lowest BCUT2D eigenvalue weighted by Gasteiger charge is -2.50. The van der Waals surface area contributed by atoms with Gasteiger partial charge in [-0.2, -0.15) is 0 Å². The summed E-state index contributed by atoms with van der Waals surface area (Å²) >= 11 is 12.0. The Kier molecular flexibility index (Phi) is 7.15. The summed E-state index contributed by atoms with van der Waals surface area (Å²) in [7, 11) is 1.95. The van der Waals surface area contributed by atoms with Gasteiger partial charge in [0, 0.05) is 18.0 Å². The van der Waals surface area contributed by atoms with Crippen LogP contribution in [-0.2, 0) is 18.9 Å². The number of hydrogen-bond acceptors (Lipinski definition) is 5. The summed E-state index contributed by atoms with van der Waals surface area (Å²) in [6, 6.07) is 4.17. The molecule has 2 aliphatic heterocycles. The SMILES string of the molecule is CC(C)C[C@H](NC(=O)CNC(=O)c1cc(Cl)ccc1Cl)[B-]12OC[C@@H](C)[N+]1(C)[C@@H](C)C(=O)O2. The van der Waals surface area contributed by atoms with Crippen LogP contribution in [0.4, 0.5) is 0 Å². The fourth-order valence-corrected chi connectivity index (χ4v) is 5.28. The van der Waals surface area contributed by atoms with Crippen LogP contribution in [0.15, 0.2) is 18.2 Å². The topological polar surface area (TPSA) is 93.7 Å². The molecule has 176 valence electrons. The molecule has 2 fully saturated rings. The number of rotatable bonds is 7. The van der Waals surface area contributed by atoms with E-state index in [1.807, 2.05) is 34.7 Å². The van der Waals surface area contributed by atoms with Gasteiger partial charge in [-0.1, -0.05) is 43.5 Å². The molecule has 2 unspecified atom stereocenters. The molecule has 2 amide bonds. The number of carbonyl (C=O) groups excluding carboxylic acids is 3. The third-order valence-electron chi connectivity index (χ3n) is 6.92. The lowest BCUT2D eigenvalue weighted by Crippen LogP contribution is -2.74. The summed E-state index contributed by atoms with van der Waals surface area (Å²) < 4.78 is 12.3. The van der Waals surface area contributed by atoms with Crippen LogP contribution in [0.2, 0.25) is 10.0 Å². The van der Waals surface area contributed by atoms with Gasteiger partial charge >= 0.3 is 12.7 Å². The van der Waals surface area contributed by atoms with Crippen LogP contribution < -0.4 is 10.6 Å². The fourth-order valence-electron chi connectivity index (χ4n) is 4.90. The summed E-state index contributed by atoms with van der Waals surface area (Å²) in [6.07, 6.45) is 0.556. The predicted octanol–water partition coefficient (Wildman–Crippen LogP) is 2.54. The molecule has 1 aromatic carbocycles. The van der Waals surface area contributed by atoms with E-state index in [0.717, 1.165) is 0 Å². The number of amides is 2. The second-order valence-electron chi connectivity index (χ2n) is 9.36. The molecule has 2 N–H and O–H groups in total. The van der Waals surface area contributed by atoms with E-state index >= 15 is 0 Å². The first kappa shape index (κ1) is 24.8. The van der Waals surface area contributed by atoms with Crippen LogP contribution in [0.25, 0.3) is 0 Å². The van der Waals surface area contributed by atoms with Gasteiger partial charge in [-0.15, -0.1) is 0 Å². The van der Waals surface area contributed by atoms with Gasteiger partial charge in [0.2, 0.25) is 5.91 Å². The molecular weight excluding hydrogens is 456 g/mol. The van der Waals surface area contributed by atoms with Crippen molar-refractivity contribution in [3.8, 4) is 0 Å². The zero-order valence-corrected chi connectivity index (χ0v) is 20.5. The normalized spacial score (nSPS) is 30.1. The molecule has 0 radical (unpaired) electrons. The minimum absolute atomic E-state index is 0.0349. The van der Waals surface area contributed by atoms with Crippen molar-refractivity contribution >= 4 is 47.7 Å². The van der Waals surface area contributed by atoms with Crippen LogP contribution >= 0.6 is 23.2 Å². The Hall–Kier alpha value is -1.81. The van der Waals surface area contributed by atoms with Crippen LogP contribution in [0.1, 0.15) is 44.5 Å². The Morgan fingerprint density at radius 2 is 1.97 bits per heavy atom. The molecule has 3 rings (SSSR count). The van der Waals surface area contributed by atoms with Crippen molar-refractivity contribution in [1.82, 2.24) is 10.6 Å². The van der Waals surface area contributed by atoms with Gasteiger partial charge in [0.15, 0.2) is 0 Å². The Balaban J connectivity index is 1.76. The number of nitrogens with zero attached hydrogens (tertiary/aromatic N) is 1. The third kappa shape index (κ3) is 4.23. The van der Waals surface area contributed by atoms with E-state index in [2.05, 4.69) is 10.6 Å². The monoisotopic (exact) mass is 485 g/mol. The van der Waals surface area contributed by atoms with Gasteiger partial charge in [0.05, 0.1) is 29.8 Å². The molecule has 11 heteroatoms. The first-order valence-corrected chi connectivity index (χ1v) is 11.6. The molecular formula is C21H30BCl2N3O5. The summed E-state index contributed by atoms with van der Waals surface area (Å²) in [5.41, 5.74) is 0.184. The molecule has 0 saturated carbocycles. The highest BCUT2D eigenvalue weighted by atomic mass is 35.5. The standard InChI is InChI=1S/C21H30BCl2N3O5/c1-12(2)8-18(22-27(5,13(3)11-31-22)14(4)21(30)32-22)26-19(28)10-25-20(29)16-9-15(23)6-7-17(16)24/h6-7,9,12-14,18H,8,10-11H2,1-5H3,(H,25,29)(H,26,28)/t13-,14+,18+,22?,27?/m1/s1. The molecule has 0 bridgehead atoms. The highest BCUT2D eigenvalue weighted by Gasteiger charge is 2.70. The smallest absolute Gasteiger partial charge is 0.549 e. The average Bonchev–Trinajstić information content (AvgIpc) is 3.09. The van der Waals surface area contributed by atoms with Crippen molar-refractivity contribution in [1.29, 1.82) is 0 Å². The van der Waals surface area contributed by atoms with Crippen molar-refractivity contribution in [2.75, 3.05) is 20.2 Å². The van der Waals surface area contributed by atoms with Gasteiger partial charge < -0.3 is 24.3 Å². The van der Waals surface area contributed by atoms with E-state index < -0.39 is 30.5 Å². The molecule has 0 aromatic heterocycles. The quantitative estimate of drug-likeness (QED) is 0.579. The van der Waals surface area contributed by atoms with E-state index in [1.165, 1.54) is 12.1 Å². The van der Waals surface area contributed by atoms with E-state index in [1.54, 1.807) is 6.07 Å². The molecule has 8 nitrogen and oxygen atoms in total. The highest BCUT2D eigenvalue weighted by Crippen LogP contribution is 2.44. The predicted molar refractivity (Wildman–Crippen MR) is 123 cm³/mol. The highest BCUT2D eigenvalue weighted by molar-refractivity contribution is 6.65. The van der Waals surface area contributed by atoms with Gasteiger partial charge in [0.25, 0.3) is 5.91 Å². The van der Waals surface area contributed by atoms with Gasteiger partial charge in [-0.05, 0) is 38.0 Å². The maximum absolute atomic E-state index is 12.8. The number of nitrogens with one attached hydrogen (secondary N) is 2. The Labute approximate surface area is 198 Å². The molecule has 2 aliphatic rings. The maximum Gasteiger partial charge on any atom is 0.549 e. The molecule has 2 saturated heterocycles. The minimum atomic E-state index is -2.16. The number of benzene rings is 1. The lowest BCUT2D eigenvalue weighted by atomic mass is 9.57. The van der Waals surface area contributed by atoms with E-state index in [0.29, 0.717) is 22.4 Å². The van der Waals surface area contributed by atoms with Gasteiger partial charge in [-0.25, -0.2) is 4.79 Å². The molecule has 2 heterocycles. The molecule has 32 heavy (non-hydrogen) atoms. The van der Waals surface area contributed by atoms with Crippen LogP contribution in [0.3, 0.4) is 0 Å². The van der Waals surface area contributed by atoms with E-state index in [-0.39, 0.29) is 35.1 Å². The number of fused-ring (bicyclic) bond motifs is 1. The van der Waals surface area contributed by atoms with Crippen molar-refractivity contribution in [3.05, 3.63) is 33.8 Å². The zero-order chi connectivity index (χ0) is 23.8. The van der Waals surface area contributed by atoms with Gasteiger partial charge in [-0.3, -0.25) is 9.59 Å². The van der Waals surface area contributed by atoms with E-state index in [9.17, 15) is 14.4 Å². The molecule has 0 aliphatic carbocycles. The second kappa shape index (κ2) is 9.21. The van der Waals surface area contributed by atoms with Crippen LogP contribution in [0.5, 0.6) is 0 Å². The van der Waals surface area contributed by atoms with Crippen molar-refractivity contribution < 1.29 is 28.1 Å². The minimum Gasteiger partial charge on any atom is -0.609 e. The number of hydrogen-bond donors (Lipinski definition) is 2. The van der Waals surface area contributed by atoms with Crippen molar-refractivity contribution in [3.63, 3.8) is 0 Å². The largest absolute Gasteiger partial charge is 0.609 e. The summed E-state index contributed by atoms with van der Waals surface area (Å²) in [6.45, 7) is 5.90. The van der Waals surface area contributed by atoms with Crippen LogP contribution in [0, 0.1) is 5.92 Å². The van der Waals surface area contributed by atoms with Crippen molar-refractivity contribution in [2.45, 2.75) is 52.1 Å². The first-order chi connectivity index (χ1) is 14.9. The molecule has 0 spiro atoms. The zero-order valence-electron chi connectivity index (χ0n) is 19.0. The average molecular weight is 486 g/mol. The summed E-state index contributed by atoms with van der Waals surface area (Å²) in [5, 5.41) is 6.14. The number of quaternary nitrogens is 1. The van der Waals surface area contributed by atoms with E-state index in [4.69, 9.17) is 32.5 Å². The third-order valence-corrected chi connectivity index (χ3v) is 7.49. The first-order valence-electron chi connectivity index (χ1n) is 10.8. The Morgan fingerprint density at radius 3 is 2.62 bits per heavy atom. The number of carbonyl (C=O) groups is 3. The number of halogens is 2. The number of likely N-dealkylation sites (N-methyl/N-ethyl adjacent to an activating group) is 1. The van der Waals surface area contributed by atoms with Crippen molar-refractivity contribution in [2.24, 2.45) is 5.92 Å². The Bertz CT molecular complexity index is 933. The fraction of sp³-hybridized carbons (Fsp3) is 0.571. The molecule has 1 aromatic rings. The second-order valence-corrected chi connectivity index (χ2v) is 10.2. The van der Waals surface area contributed by atoms with Gasteiger partial charge in [0.1, 0.15) is 6.04 Å². The molecule has 5 atom stereocenters. The summed E-state index contributed by atoms with van der Waals surface area (Å²) in [5.74, 6) is -1.57. The van der Waals surface area contributed by atoms with Crippen LogP contribution in [-0.4, -0.2) is 67.1 Å². The maximum atomic E-state index is 12.8.